The summed E-state index contributed by atoms with van der Waals surface area (Å²) in [6, 6.07) is 3.79. The van der Waals surface area contributed by atoms with E-state index in [-0.39, 0.29) is 11.6 Å². The largest absolute Gasteiger partial charge is 0.391 e. The Morgan fingerprint density at radius 2 is 2.00 bits per heavy atom. The van der Waals surface area contributed by atoms with E-state index in [4.69, 9.17) is 0 Å². The Labute approximate surface area is 158 Å². The molecular formula is C21H26N4O2. The fourth-order valence-corrected chi connectivity index (χ4v) is 4.20. The first-order chi connectivity index (χ1) is 13.0. The zero-order chi connectivity index (χ0) is 19.1. The summed E-state index contributed by atoms with van der Waals surface area (Å²) in [4.78, 5) is 17.8. The van der Waals surface area contributed by atoms with E-state index in [1.165, 1.54) is 0 Å². The molecule has 0 amide bonds. The maximum atomic E-state index is 13.2. The molecule has 0 spiro atoms. The predicted octanol–water partition coefficient (Wildman–Crippen LogP) is 2.81. The van der Waals surface area contributed by atoms with Crippen LogP contribution >= 0.6 is 0 Å². The van der Waals surface area contributed by atoms with E-state index in [1.54, 1.807) is 15.6 Å². The van der Waals surface area contributed by atoms with Gasteiger partial charge in [0.05, 0.1) is 35.1 Å². The standard InChI is InChI=1S/C21H26N4O2/c1-13-14(2)20-17(11-15(13)10-16-8-9-24(3)23-16)21(27)25(12-22-20)18-6-4-5-7-19(18)26/h8-9,11-12,18-19,26H,4-7,10H2,1-3H3. The molecule has 1 aliphatic carbocycles. The van der Waals surface area contributed by atoms with Gasteiger partial charge < -0.3 is 5.11 Å². The summed E-state index contributed by atoms with van der Waals surface area (Å²) in [5.74, 6) is 0. The van der Waals surface area contributed by atoms with Crippen LogP contribution in [0.5, 0.6) is 0 Å². The molecule has 1 aliphatic rings. The van der Waals surface area contributed by atoms with Crippen LogP contribution in [0.1, 0.15) is 54.1 Å². The van der Waals surface area contributed by atoms with Crippen LogP contribution in [0.2, 0.25) is 0 Å². The third kappa shape index (κ3) is 3.18. The van der Waals surface area contributed by atoms with Crippen molar-refractivity contribution in [3.63, 3.8) is 0 Å². The number of aromatic nitrogens is 4. The van der Waals surface area contributed by atoms with Gasteiger partial charge in [0.2, 0.25) is 0 Å². The molecule has 1 fully saturated rings. The summed E-state index contributed by atoms with van der Waals surface area (Å²) >= 11 is 0. The molecule has 1 aromatic carbocycles. The summed E-state index contributed by atoms with van der Waals surface area (Å²) in [5, 5.41) is 15.5. The Morgan fingerprint density at radius 1 is 1.22 bits per heavy atom. The van der Waals surface area contributed by atoms with Gasteiger partial charge in [-0.05, 0) is 55.5 Å². The molecule has 2 aromatic heterocycles. The number of aryl methyl sites for hydroxylation is 2. The van der Waals surface area contributed by atoms with Crippen molar-refractivity contribution in [1.82, 2.24) is 19.3 Å². The van der Waals surface area contributed by atoms with Gasteiger partial charge in [-0.25, -0.2) is 4.98 Å². The van der Waals surface area contributed by atoms with E-state index in [0.717, 1.165) is 53.6 Å². The number of hydrogen-bond acceptors (Lipinski definition) is 4. The SMILES string of the molecule is Cc1c(Cc2ccn(C)n2)cc2c(=O)n(C3CCCCC3O)cnc2c1C. The van der Waals surface area contributed by atoms with Crippen LogP contribution in [0.3, 0.4) is 0 Å². The number of nitrogens with zero attached hydrogens (tertiary/aromatic N) is 4. The van der Waals surface area contributed by atoms with Crippen molar-refractivity contribution >= 4 is 10.9 Å². The van der Waals surface area contributed by atoms with Gasteiger partial charge in [-0.3, -0.25) is 14.0 Å². The summed E-state index contributed by atoms with van der Waals surface area (Å²) in [7, 11) is 1.90. The Balaban J connectivity index is 1.83. The van der Waals surface area contributed by atoms with Gasteiger partial charge in [-0.1, -0.05) is 12.8 Å². The van der Waals surface area contributed by atoms with E-state index in [2.05, 4.69) is 17.0 Å². The smallest absolute Gasteiger partial charge is 0.261 e. The highest BCUT2D eigenvalue weighted by molar-refractivity contribution is 5.83. The number of aliphatic hydroxyl groups is 1. The minimum atomic E-state index is -0.477. The average Bonchev–Trinajstić information content (AvgIpc) is 3.06. The molecule has 6 nitrogen and oxygen atoms in total. The van der Waals surface area contributed by atoms with Gasteiger partial charge in [0, 0.05) is 19.7 Å². The van der Waals surface area contributed by atoms with Gasteiger partial charge in [-0.15, -0.1) is 0 Å². The first kappa shape index (κ1) is 17.9. The van der Waals surface area contributed by atoms with Crippen molar-refractivity contribution in [2.24, 2.45) is 7.05 Å². The van der Waals surface area contributed by atoms with Crippen molar-refractivity contribution < 1.29 is 5.11 Å². The second-order valence-electron chi connectivity index (χ2n) is 7.72. The Kier molecular flexibility index (Phi) is 4.60. The molecule has 27 heavy (non-hydrogen) atoms. The fraction of sp³-hybridized carbons (Fsp3) is 0.476. The minimum absolute atomic E-state index is 0.0590. The minimum Gasteiger partial charge on any atom is -0.391 e. The number of aliphatic hydroxyl groups excluding tert-OH is 1. The molecule has 2 heterocycles. The lowest BCUT2D eigenvalue weighted by molar-refractivity contribution is 0.0735. The van der Waals surface area contributed by atoms with E-state index < -0.39 is 6.10 Å². The Morgan fingerprint density at radius 3 is 2.70 bits per heavy atom. The first-order valence-corrected chi connectivity index (χ1v) is 9.62. The average molecular weight is 366 g/mol. The van der Waals surface area contributed by atoms with Crippen LogP contribution in [0, 0.1) is 13.8 Å². The van der Waals surface area contributed by atoms with Gasteiger partial charge in [0.25, 0.3) is 5.56 Å². The van der Waals surface area contributed by atoms with E-state index in [1.807, 2.05) is 32.3 Å². The van der Waals surface area contributed by atoms with Crippen molar-refractivity contribution in [2.75, 3.05) is 0 Å². The van der Waals surface area contributed by atoms with E-state index in [9.17, 15) is 9.90 Å². The summed E-state index contributed by atoms with van der Waals surface area (Å²) in [6.07, 6.45) is 7.36. The van der Waals surface area contributed by atoms with Gasteiger partial charge >= 0.3 is 0 Å². The molecule has 2 atom stereocenters. The van der Waals surface area contributed by atoms with E-state index in [0.29, 0.717) is 11.8 Å². The zero-order valence-electron chi connectivity index (χ0n) is 16.1. The maximum Gasteiger partial charge on any atom is 0.261 e. The van der Waals surface area contributed by atoms with Crippen molar-refractivity contribution in [1.29, 1.82) is 0 Å². The van der Waals surface area contributed by atoms with Crippen molar-refractivity contribution in [3.05, 3.63) is 57.4 Å². The zero-order valence-corrected chi connectivity index (χ0v) is 16.1. The number of fused-ring (bicyclic) bond motifs is 1. The third-order valence-corrected chi connectivity index (χ3v) is 5.94. The third-order valence-electron chi connectivity index (χ3n) is 5.94. The van der Waals surface area contributed by atoms with Crippen LogP contribution in [0.15, 0.2) is 29.5 Å². The normalized spacial score (nSPS) is 20.3. The van der Waals surface area contributed by atoms with Gasteiger partial charge in [0.15, 0.2) is 0 Å². The summed E-state index contributed by atoms with van der Waals surface area (Å²) in [6.45, 7) is 4.09. The Hall–Kier alpha value is -2.47. The number of rotatable bonds is 3. The van der Waals surface area contributed by atoms with Crippen LogP contribution in [-0.2, 0) is 13.5 Å². The van der Waals surface area contributed by atoms with Gasteiger partial charge in [-0.2, -0.15) is 5.10 Å². The molecule has 0 radical (unpaired) electrons. The highest BCUT2D eigenvalue weighted by Crippen LogP contribution is 2.29. The molecule has 6 heteroatoms. The summed E-state index contributed by atoms with van der Waals surface area (Å²) in [5.41, 5.74) is 4.95. The molecule has 4 rings (SSSR count). The second-order valence-corrected chi connectivity index (χ2v) is 7.72. The molecule has 2 unspecified atom stereocenters. The topological polar surface area (TPSA) is 72.9 Å². The van der Waals surface area contributed by atoms with Crippen LogP contribution < -0.4 is 5.56 Å². The molecule has 3 aromatic rings. The van der Waals surface area contributed by atoms with Crippen LogP contribution in [-0.4, -0.2) is 30.5 Å². The first-order valence-electron chi connectivity index (χ1n) is 9.62. The molecule has 0 bridgehead atoms. The molecule has 1 saturated carbocycles. The predicted molar refractivity (Wildman–Crippen MR) is 105 cm³/mol. The fourth-order valence-electron chi connectivity index (χ4n) is 4.20. The Bertz CT molecular complexity index is 1050. The molecule has 0 aliphatic heterocycles. The van der Waals surface area contributed by atoms with Crippen molar-refractivity contribution in [3.8, 4) is 0 Å². The van der Waals surface area contributed by atoms with Crippen molar-refractivity contribution in [2.45, 2.75) is 58.1 Å². The highest BCUT2D eigenvalue weighted by Gasteiger charge is 2.26. The van der Waals surface area contributed by atoms with Gasteiger partial charge in [0.1, 0.15) is 0 Å². The lowest BCUT2D eigenvalue weighted by Gasteiger charge is -2.29. The highest BCUT2D eigenvalue weighted by atomic mass is 16.3. The molecular weight excluding hydrogens is 340 g/mol. The monoisotopic (exact) mass is 366 g/mol. The molecule has 1 N–H and O–H groups in total. The molecule has 142 valence electrons. The second kappa shape index (κ2) is 6.93. The lowest BCUT2D eigenvalue weighted by atomic mass is 9.92. The number of hydrogen-bond donors (Lipinski definition) is 1. The lowest BCUT2D eigenvalue weighted by Crippen LogP contribution is -2.34. The van der Waals surface area contributed by atoms with E-state index >= 15 is 0 Å². The number of benzene rings is 1. The molecule has 0 saturated heterocycles. The summed E-state index contributed by atoms with van der Waals surface area (Å²) < 4.78 is 3.43. The quantitative estimate of drug-likeness (QED) is 0.774. The van der Waals surface area contributed by atoms with Crippen LogP contribution in [0.25, 0.3) is 10.9 Å². The van der Waals surface area contributed by atoms with Crippen LogP contribution in [0.4, 0.5) is 0 Å². The maximum absolute atomic E-state index is 13.2.